The van der Waals surface area contributed by atoms with Gasteiger partial charge in [0, 0.05) is 6.61 Å². The maximum atomic E-state index is 5.62. The lowest BCUT2D eigenvalue weighted by Gasteiger charge is -2.12. The van der Waals surface area contributed by atoms with Crippen molar-refractivity contribution >= 4 is 17.2 Å². The highest BCUT2D eigenvalue weighted by Crippen LogP contribution is 2.17. The van der Waals surface area contributed by atoms with E-state index in [0.717, 1.165) is 18.6 Å². The average Bonchev–Trinajstić information content (AvgIpc) is 2.88. The molecule has 0 aromatic heterocycles. The van der Waals surface area contributed by atoms with E-state index in [1.165, 1.54) is 0 Å². The van der Waals surface area contributed by atoms with Crippen LogP contribution in [0.25, 0.3) is 0 Å². The summed E-state index contributed by atoms with van der Waals surface area (Å²) in [5, 5.41) is 0. The Hall–Kier alpha value is -1.17. The van der Waals surface area contributed by atoms with E-state index in [-0.39, 0.29) is 6.10 Å². The topological polar surface area (TPSA) is 53.7 Å². The second-order valence-electron chi connectivity index (χ2n) is 4.07. The summed E-state index contributed by atoms with van der Waals surface area (Å²) in [6.45, 7) is 2.50. The first kappa shape index (κ1) is 13.3. The van der Waals surface area contributed by atoms with Gasteiger partial charge in [0.25, 0.3) is 0 Å². The molecule has 2 N–H and O–H groups in total. The van der Waals surface area contributed by atoms with Crippen molar-refractivity contribution in [1.82, 2.24) is 0 Å². The predicted octanol–water partition coefficient (Wildman–Crippen LogP) is 1.51. The van der Waals surface area contributed by atoms with Crippen LogP contribution in [-0.4, -0.2) is 37.5 Å². The minimum absolute atomic E-state index is 0.208. The molecule has 1 heterocycles. The zero-order chi connectivity index (χ0) is 12.8. The first-order valence-corrected chi connectivity index (χ1v) is 6.39. The SMILES string of the molecule is NC(=S)c1ccccc1OCCOC1CCOC1. The van der Waals surface area contributed by atoms with Crippen LogP contribution in [0.2, 0.25) is 0 Å². The molecule has 18 heavy (non-hydrogen) atoms. The molecule has 1 aliphatic rings. The fourth-order valence-corrected chi connectivity index (χ4v) is 1.98. The quantitative estimate of drug-likeness (QED) is 0.625. The summed E-state index contributed by atoms with van der Waals surface area (Å²) in [5.41, 5.74) is 6.38. The van der Waals surface area contributed by atoms with Crippen molar-refractivity contribution in [3.63, 3.8) is 0 Å². The van der Waals surface area contributed by atoms with Gasteiger partial charge >= 0.3 is 0 Å². The van der Waals surface area contributed by atoms with Crippen LogP contribution in [0.3, 0.4) is 0 Å². The smallest absolute Gasteiger partial charge is 0.129 e. The molecule has 1 atom stereocenters. The van der Waals surface area contributed by atoms with Crippen LogP contribution in [0.5, 0.6) is 5.75 Å². The Kier molecular flexibility index (Phi) is 4.92. The van der Waals surface area contributed by atoms with Crippen molar-refractivity contribution in [3.05, 3.63) is 29.8 Å². The molecule has 0 amide bonds. The molecule has 2 rings (SSSR count). The van der Waals surface area contributed by atoms with Crippen molar-refractivity contribution < 1.29 is 14.2 Å². The van der Waals surface area contributed by atoms with E-state index >= 15 is 0 Å². The van der Waals surface area contributed by atoms with Gasteiger partial charge < -0.3 is 19.9 Å². The van der Waals surface area contributed by atoms with Crippen LogP contribution in [0.15, 0.2) is 24.3 Å². The van der Waals surface area contributed by atoms with E-state index in [1.807, 2.05) is 24.3 Å². The summed E-state index contributed by atoms with van der Waals surface area (Å²) >= 11 is 4.97. The molecule has 1 aliphatic heterocycles. The molecule has 1 unspecified atom stereocenters. The van der Waals surface area contributed by atoms with Crippen molar-refractivity contribution in [2.45, 2.75) is 12.5 Å². The molecule has 1 aromatic carbocycles. The van der Waals surface area contributed by atoms with Crippen molar-refractivity contribution in [3.8, 4) is 5.75 Å². The van der Waals surface area contributed by atoms with Crippen LogP contribution < -0.4 is 10.5 Å². The van der Waals surface area contributed by atoms with Crippen LogP contribution in [0.4, 0.5) is 0 Å². The molecule has 98 valence electrons. The number of nitrogens with two attached hydrogens (primary N) is 1. The lowest BCUT2D eigenvalue weighted by Crippen LogP contribution is -2.18. The highest BCUT2D eigenvalue weighted by atomic mass is 32.1. The van der Waals surface area contributed by atoms with E-state index in [2.05, 4.69) is 0 Å². The lowest BCUT2D eigenvalue weighted by atomic mass is 10.2. The molecule has 1 aromatic rings. The molecule has 0 spiro atoms. The molecule has 5 heteroatoms. The highest BCUT2D eigenvalue weighted by Gasteiger charge is 2.15. The molecule has 0 bridgehead atoms. The fourth-order valence-electron chi connectivity index (χ4n) is 1.81. The third kappa shape index (κ3) is 3.66. The van der Waals surface area contributed by atoms with Crippen LogP contribution in [-0.2, 0) is 9.47 Å². The van der Waals surface area contributed by atoms with Gasteiger partial charge in [-0.25, -0.2) is 0 Å². The Labute approximate surface area is 112 Å². The van der Waals surface area contributed by atoms with Gasteiger partial charge in [-0.05, 0) is 18.6 Å². The zero-order valence-corrected chi connectivity index (χ0v) is 10.9. The van der Waals surface area contributed by atoms with E-state index in [1.54, 1.807) is 0 Å². The Morgan fingerprint density at radius 1 is 1.39 bits per heavy atom. The summed E-state index contributed by atoms with van der Waals surface area (Å²) < 4.78 is 16.5. The average molecular weight is 267 g/mol. The zero-order valence-electron chi connectivity index (χ0n) is 10.1. The number of hydrogen-bond donors (Lipinski definition) is 1. The fraction of sp³-hybridized carbons (Fsp3) is 0.462. The number of hydrogen-bond acceptors (Lipinski definition) is 4. The minimum atomic E-state index is 0.208. The van der Waals surface area contributed by atoms with Gasteiger partial charge in [-0.3, -0.25) is 0 Å². The van der Waals surface area contributed by atoms with E-state index in [9.17, 15) is 0 Å². The normalized spacial score (nSPS) is 18.8. The van der Waals surface area contributed by atoms with Crippen molar-refractivity contribution in [2.24, 2.45) is 5.73 Å². The largest absolute Gasteiger partial charge is 0.490 e. The summed E-state index contributed by atoms with van der Waals surface area (Å²) in [6, 6.07) is 7.48. The molecule has 0 radical (unpaired) electrons. The highest BCUT2D eigenvalue weighted by molar-refractivity contribution is 7.80. The number of para-hydroxylation sites is 1. The van der Waals surface area contributed by atoms with Gasteiger partial charge in [-0.2, -0.15) is 0 Å². The summed E-state index contributed by atoms with van der Waals surface area (Å²) in [6.07, 6.45) is 1.17. The van der Waals surface area contributed by atoms with E-state index < -0.39 is 0 Å². The van der Waals surface area contributed by atoms with Gasteiger partial charge in [0.15, 0.2) is 0 Å². The second kappa shape index (κ2) is 6.68. The number of thiocarbonyl (C=S) groups is 1. The standard InChI is InChI=1S/C13H17NO3S/c14-13(18)11-3-1-2-4-12(11)17-8-7-16-10-5-6-15-9-10/h1-4,10H,5-9H2,(H2,14,18). The minimum Gasteiger partial charge on any atom is -0.490 e. The van der Waals surface area contributed by atoms with Gasteiger partial charge in [0.2, 0.25) is 0 Å². The molecule has 0 aliphatic carbocycles. The van der Waals surface area contributed by atoms with Crippen molar-refractivity contribution in [2.75, 3.05) is 26.4 Å². The molecule has 1 fully saturated rings. The summed E-state index contributed by atoms with van der Waals surface area (Å²) in [7, 11) is 0. The Balaban J connectivity index is 1.77. The van der Waals surface area contributed by atoms with Crippen LogP contribution >= 0.6 is 12.2 Å². The van der Waals surface area contributed by atoms with Gasteiger partial charge in [-0.1, -0.05) is 24.4 Å². The molecule has 1 saturated heterocycles. The van der Waals surface area contributed by atoms with Crippen LogP contribution in [0.1, 0.15) is 12.0 Å². The number of ether oxygens (including phenoxy) is 3. The molecule has 4 nitrogen and oxygen atoms in total. The summed E-state index contributed by atoms with van der Waals surface area (Å²) in [5.74, 6) is 0.705. The van der Waals surface area contributed by atoms with E-state index in [4.69, 9.17) is 32.2 Å². The lowest BCUT2D eigenvalue weighted by molar-refractivity contribution is 0.0265. The van der Waals surface area contributed by atoms with Crippen LogP contribution in [0, 0.1) is 0 Å². The first-order chi connectivity index (χ1) is 8.77. The Morgan fingerprint density at radius 2 is 2.22 bits per heavy atom. The maximum Gasteiger partial charge on any atom is 0.129 e. The van der Waals surface area contributed by atoms with Crippen molar-refractivity contribution in [1.29, 1.82) is 0 Å². The van der Waals surface area contributed by atoms with E-state index in [0.29, 0.717) is 30.6 Å². The number of benzene rings is 1. The Morgan fingerprint density at radius 3 is 2.94 bits per heavy atom. The Bertz CT molecular complexity index is 405. The number of rotatable bonds is 6. The maximum absolute atomic E-state index is 5.62. The third-order valence-corrected chi connectivity index (χ3v) is 2.95. The molecular formula is C13H17NO3S. The first-order valence-electron chi connectivity index (χ1n) is 5.98. The second-order valence-corrected chi connectivity index (χ2v) is 4.51. The monoisotopic (exact) mass is 267 g/mol. The molecular weight excluding hydrogens is 250 g/mol. The van der Waals surface area contributed by atoms with Gasteiger partial charge in [0.05, 0.1) is 24.9 Å². The van der Waals surface area contributed by atoms with Gasteiger partial charge in [-0.15, -0.1) is 0 Å². The predicted molar refractivity (Wildman–Crippen MR) is 73.0 cm³/mol. The van der Waals surface area contributed by atoms with Gasteiger partial charge in [0.1, 0.15) is 17.3 Å². The summed E-state index contributed by atoms with van der Waals surface area (Å²) in [4.78, 5) is 0.343. The molecule has 0 saturated carbocycles. The third-order valence-electron chi connectivity index (χ3n) is 2.73.